The topological polar surface area (TPSA) is 81.1 Å². The Balaban J connectivity index is 3.28. The number of hydrogen-bond acceptors (Lipinski definition) is 4. The lowest BCUT2D eigenvalue weighted by atomic mass is 10.3. The summed E-state index contributed by atoms with van der Waals surface area (Å²) in [6.07, 6.45) is 1.77. The molecule has 0 fully saturated rings. The molecule has 72 valence electrons. The van der Waals surface area contributed by atoms with Crippen LogP contribution in [0.1, 0.15) is 17.3 Å². The zero-order valence-electron chi connectivity index (χ0n) is 7.44. The Morgan fingerprint density at radius 3 is 2.69 bits per heavy atom. The van der Waals surface area contributed by atoms with Crippen LogP contribution in [0.5, 0.6) is 0 Å². The SMILES string of the molecule is CCn1nc(SC)c(C(=O)O)c1N. The number of hydrogen-bond donors (Lipinski definition) is 2. The van der Waals surface area contributed by atoms with Gasteiger partial charge in [-0.3, -0.25) is 0 Å². The van der Waals surface area contributed by atoms with Gasteiger partial charge in [-0.2, -0.15) is 5.10 Å². The Hall–Kier alpha value is -1.17. The van der Waals surface area contributed by atoms with Gasteiger partial charge in [0.1, 0.15) is 16.4 Å². The second-order valence-electron chi connectivity index (χ2n) is 2.39. The highest BCUT2D eigenvalue weighted by molar-refractivity contribution is 7.98. The summed E-state index contributed by atoms with van der Waals surface area (Å²) in [5.41, 5.74) is 5.70. The van der Waals surface area contributed by atoms with Gasteiger partial charge in [0.15, 0.2) is 0 Å². The first-order valence-electron chi connectivity index (χ1n) is 3.75. The molecule has 0 aliphatic heterocycles. The zero-order valence-corrected chi connectivity index (χ0v) is 8.26. The second kappa shape index (κ2) is 3.69. The lowest BCUT2D eigenvalue weighted by molar-refractivity contribution is 0.0694. The number of aromatic nitrogens is 2. The van der Waals surface area contributed by atoms with Gasteiger partial charge in [0, 0.05) is 6.54 Å². The van der Waals surface area contributed by atoms with Crippen molar-refractivity contribution in [3.63, 3.8) is 0 Å². The van der Waals surface area contributed by atoms with Crippen LogP contribution in [0, 0.1) is 0 Å². The van der Waals surface area contributed by atoms with Crippen molar-refractivity contribution in [2.24, 2.45) is 0 Å². The van der Waals surface area contributed by atoms with Crippen LogP contribution in [0.3, 0.4) is 0 Å². The number of carbonyl (C=O) groups is 1. The van der Waals surface area contributed by atoms with Gasteiger partial charge in [-0.05, 0) is 13.2 Å². The number of carboxylic acid groups (broad SMARTS) is 1. The largest absolute Gasteiger partial charge is 0.477 e. The predicted octanol–water partition coefficient (Wildman–Crippen LogP) is 0.905. The molecule has 3 N–H and O–H groups in total. The van der Waals surface area contributed by atoms with Crippen LogP contribution in [-0.2, 0) is 6.54 Å². The van der Waals surface area contributed by atoms with E-state index in [1.165, 1.54) is 16.4 Å². The Morgan fingerprint density at radius 1 is 1.77 bits per heavy atom. The number of aromatic carboxylic acids is 1. The molecule has 0 spiro atoms. The summed E-state index contributed by atoms with van der Waals surface area (Å²) in [4.78, 5) is 10.8. The number of nitrogens with two attached hydrogens (primary N) is 1. The molecule has 0 atom stereocenters. The molecule has 0 amide bonds. The van der Waals surface area contributed by atoms with E-state index >= 15 is 0 Å². The first-order chi connectivity index (χ1) is 6.11. The van der Waals surface area contributed by atoms with Crippen molar-refractivity contribution >= 4 is 23.5 Å². The van der Waals surface area contributed by atoms with Gasteiger partial charge in [0.25, 0.3) is 0 Å². The summed E-state index contributed by atoms with van der Waals surface area (Å²) < 4.78 is 1.48. The normalized spacial score (nSPS) is 10.3. The first kappa shape index (κ1) is 9.91. The number of nitrogen functional groups attached to an aromatic ring is 1. The second-order valence-corrected chi connectivity index (χ2v) is 3.19. The molecule has 0 saturated carbocycles. The van der Waals surface area contributed by atoms with Gasteiger partial charge in [-0.1, -0.05) is 0 Å². The molecule has 6 heteroatoms. The van der Waals surface area contributed by atoms with Crippen molar-refractivity contribution in [2.75, 3.05) is 12.0 Å². The number of nitrogens with zero attached hydrogens (tertiary/aromatic N) is 2. The van der Waals surface area contributed by atoms with Gasteiger partial charge in [-0.15, -0.1) is 11.8 Å². The molecule has 1 aromatic heterocycles. The van der Waals surface area contributed by atoms with Crippen molar-refractivity contribution in [3.05, 3.63) is 5.56 Å². The third-order valence-electron chi connectivity index (χ3n) is 1.67. The van der Waals surface area contributed by atoms with E-state index in [2.05, 4.69) is 5.10 Å². The molecule has 0 aliphatic rings. The summed E-state index contributed by atoms with van der Waals surface area (Å²) in [6.45, 7) is 2.44. The van der Waals surface area contributed by atoms with Crippen molar-refractivity contribution < 1.29 is 9.90 Å². The van der Waals surface area contributed by atoms with Crippen molar-refractivity contribution in [3.8, 4) is 0 Å². The average Bonchev–Trinajstić information content (AvgIpc) is 2.41. The third-order valence-corrected chi connectivity index (χ3v) is 2.34. The molecule has 0 radical (unpaired) electrons. The number of aryl methyl sites for hydroxylation is 1. The lowest BCUT2D eigenvalue weighted by Crippen LogP contribution is -2.05. The number of carboxylic acids is 1. The summed E-state index contributed by atoms with van der Waals surface area (Å²) in [5, 5.41) is 13.3. The van der Waals surface area contributed by atoms with Gasteiger partial charge in [-0.25, -0.2) is 9.48 Å². The molecule has 0 bridgehead atoms. The molecule has 1 rings (SSSR count). The highest BCUT2D eigenvalue weighted by Crippen LogP contribution is 2.24. The van der Waals surface area contributed by atoms with Crippen LogP contribution in [0.15, 0.2) is 5.03 Å². The average molecular weight is 201 g/mol. The molecule has 1 aromatic rings. The maximum absolute atomic E-state index is 10.8. The Morgan fingerprint density at radius 2 is 2.38 bits per heavy atom. The fraction of sp³-hybridized carbons (Fsp3) is 0.429. The highest BCUT2D eigenvalue weighted by atomic mass is 32.2. The monoisotopic (exact) mass is 201 g/mol. The van der Waals surface area contributed by atoms with Crippen LogP contribution in [0.25, 0.3) is 0 Å². The van der Waals surface area contributed by atoms with Crippen LogP contribution in [-0.4, -0.2) is 27.1 Å². The van der Waals surface area contributed by atoms with Gasteiger partial charge in [0.2, 0.25) is 0 Å². The van der Waals surface area contributed by atoms with Crippen molar-refractivity contribution in [1.82, 2.24) is 9.78 Å². The minimum Gasteiger partial charge on any atom is -0.477 e. The fourth-order valence-electron chi connectivity index (χ4n) is 1.04. The maximum atomic E-state index is 10.8. The highest BCUT2D eigenvalue weighted by Gasteiger charge is 2.19. The van der Waals surface area contributed by atoms with Gasteiger partial charge < -0.3 is 10.8 Å². The Labute approximate surface area is 79.9 Å². The van der Waals surface area contributed by atoms with E-state index in [0.29, 0.717) is 11.6 Å². The Bertz CT molecular complexity index is 335. The fourth-order valence-corrected chi connectivity index (χ4v) is 1.61. The first-order valence-corrected chi connectivity index (χ1v) is 4.97. The van der Waals surface area contributed by atoms with E-state index in [0.717, 1.165) is 0 Å². The zero-order chi connectivity index (χ0) is 10.0. The Kier molecular flexibility index (Phi) is 2.82. The number of anilines is 1. The molecule has 0 aliphatic carbocycles. The molecule has 1 heterocycles. The minimum atomic E-state index is -1.03. The summed E-state index contributed by atoms with van der Waals surface area (Å²) in [5.74, 6) is -0.805. The predicted molar refractivity (Wildman–Crippen MR) is 51.1 cm³/mol. The van der Waals surface area contributed by atoms with Crippen molar-refractivity contribution in [2.45, 2.75) is 18.5 Å². The number of rotatable bonds is 3. The van der Waals surface area contributed by atoms with Crippen LogP contribution in [0.2, 0.25) is 0 Å². The van der Waals surface area contributed by atoms with E-state index in [4.69, 9.17) is 10.8 Å². The minimum absolute atomic E-state index is 0.106. The van der Waals surface area contributed by atoms with E-state index in [-0.39, 0.29) is 11.4 Å². The molecule has 5 nitrogen and oxygen atoms in total. The molecular formula is C7H11N3O2S. The summed E-state index contributed by atoms with van der Waals surface area (Å²) >= 11 is 1.28. The molecular weight excluding hydrogens is 190 g/mol. The smallest absolute Gasteiger partial charge is 0.342 e. The number of thioether (sulfide) groups is 1. The molecule has 0 aromatic carbocycles. The molecule has 0 unspecified atom stereocenters. The molecule has 13 heavy (non-hydrogen) atoms. The van der Waals surface area contributed by atoms with Gasteiger partial charge >= 0.3 is 5.97 Å². The quantitative estimate of drug-likeness (QED) is 0.710. The molecule has 0 saturated heterocycles. The lowest BCUT2D eigenvalue weighted by Gasteiger charge is -1.97. The van der Waals surface area contributed by atoms with Crippen LogP contribution < -0.4 is 5.73 Å². The standard InChI is InChI=1S/C7H11N3O2S/c1-3-10-5(8)4(7(11)12)6(9-10)13-2/h3,8H2,1-2H3,(H,11,12). The van der Waals surface area contributed by atoms with Crippen LogP contribution in [0.4, 0.5) is 5.82 Å². The van der Waals surface area contributed by atoms with E-state index in [1.807, 2.05) is 6.92 Å². The third kappa shape index (κ3) is 1.62. The maximum Gasteiger partial charge on any atom is 0.342 e. The van der Waals surface area contributed by atoms with Crippen molar-refractivity contribution in [1.29, 1.82) is 0 Å². The van der Waals surface area contributed by atoms with E-state index in [9.17, 15) is 4.79 Å². The summed E-state index contributed by atoms with van der Waals surface area (Å²) in [6, 6.07) is 0. The summed E-state index contributed by atoms with van der Waals surface area (Å²) in [7, 11) is 0. The van der Waals surface area contributed by atoms with E-state index < -0.39 is 5.97 Å². The van der Waals surface area contributed by atoms with E-state index in [1.54, 1.807) is 6.26 Å². The van der Waals surface area contributed by atoms with Gasteiger partial charge in [0.05, 0.1) is 0 Å². The van der Waals surface area contributed by atoms with Crippen LogP contribution >= 0.6 is 11.8 Å².